The van der Waals surface area contributed by atoms with Gasteiger partial charge in [0, 0.05) is 49.1 Å². The molecule has 1 aromatic carbocycles. The molecule has 5 rings (SSSR count). The van der Waals surface area contributed by atoms with Crippen LogP contribution in [0.15, 0.2) is 40.1 Å². The van der Waals surface area contributed by atoms with Crippen LogP contribution < -0.4 is 0 Å². The number of hydrogen-bond acceptors (Lipinski definition) is 5. The monoisotopic (exact) mass is 409 g/mol. The third-order valence-electron chi connectivity index (χ3n) is 6.23. The van der Waals surface area contributed by atoms with Gasteiger partial charge in [-0.2, -0.15) is 0 Å². The predicted molar refractivity (Wildman–Crippen MR) is 115 cm³/mol. The number of benzene rings is 1. The first-order valence-electron chi connectivity index (χ1n) is 10.7. The molecule has 3 heterocycles. The summed E-state index contributed by atoms with van der Waals surface area (Å²) in [6.07, 6.45) is 6.15. The van der Waals surface area contributed by atoms with Gasteiger partial charge in [-0.25, -0.2) is 4.98 Å². The van der Waals surface area contributed by atoms with Gasteiger partial charge in [0.15, 0.2) is 11.5 Å². The molecule has 3 aromatic rings. The minimum absolute atomic E-state index is 0.0956. The quantitative estimate of drug-likeness (QED) is 0.615. The van der Waals surface area contributed by atoms with Gasteiger partial charge < -0.3 is 9.32 Å². The maximum atomic E-state index is 13.0. The largest absolute Gasteiger partial charge is 0.440 e. The van der Waals surface area contributed by atoms with Crippen molar-refractivity contribution in [1.29, 1.82) is 0 Å². The molecule has 2 aromatic heterocycles. The molecular weight excluding hydrogens is 382 g/mol. The summed E-state index contributed by atoms with van der Waals surface area (Å²) in [5, 5.41) is 2.12. The highest BCUT2D eigenvalue weighted by Gasteiger charge is 2.24. The Morgan fingerprint density at radius 1 is 1.10 bits per heavy atom. The Hall–Kier alpha value is -2.18. The van der Waals surface area contributed by atoms with E-state index in [9.17, 15) is 4.79 Å². The van der Waals surface area contributed by atoms with Crippen molar-refractivity contribution in [3.05, 3.63) is 52.0 Å². The average Bonchev–Trinajstić information content (AvgIpc) is 3.43. The molecule has 0 radical (unpaired) electrons. The zero-order chi connectivity index (χ0) is 19.6. The van der Waals surface area contributed by atoms with Crippen LogP contribution in [-0.2, 0) is 6.54 Å². The lowest BCUT2D eigenvalue weighted by atomic mass is 9.89. The van der Waals surface area contributed by atoms with E-state index in [1.807, 2.05) is 23.1 Å². The van der Waals surface area contributed by atoms with Crippen molar-refractivity contribution in [3.63, 3.8) is 0 Å². The van der Waals surface area contributed by atoms with Crippen LogP contribution in [0, 0.1) is 0 Å². The molecule has 152 valence electrons. The maximum Gasteiger partial charge on any atom is 0.254 e. The van der Waals surface area contributed by atoms with Crippen molar-refractivity contribution in [2.45, 2.75) is 44.6 Å². The molecule has 1 amide bonds. The fourth-order valence-electron chi connectivity index (χ4n) is 4.51. The average molecular weight is 410 g/mol. The van der Waals surface area contributed by atoms with E-state index in [-0.39, 0.29) is 5.91 Å². The fourth-order valence-corrected chi connectivity index (χ4v) is 5.26. The van der Waals surface area contributed by atoms with E-state index in [2.05, 4.69) is 22.4 Å². The van der Waals surface area contributed by atoms with E-state index in [1.54, 1.807) is 11.3 Å². The summed E-state index contributed by atoms with van der Waals surface area (Å²) in [6.45, 7) is 4.35. The van der Waals surface area contributed by atoms with Gasteiger partial charge in [0.05, 0.1) is 0 Å². The zero-order valence-electron chi connectivity index (χ0n) is 16.7. The summed E-state index contributed by atoms with van der Waals surface area (Å²) < 4.78 is 6.07. The molecule has 5 nitrogen and oxygen atoms in total. The Balaban J connectivity index is 1.25. The third-order valence-corrected chi connectivity index (χ3v) is 7.09. The zero-order valence-corrected chi connectivity index (χ0v) is 17.5. The molecule has 2 aliphatic rings. The van der Waals surface area contributed by atoms with E-state index in [0.29, 0.717) is 11.5 Å². The van der Waals surface area contributed by atoms with E-state index < -0.39 is 0 Å². The first-order chi connectivity index (χ1) is 14.3. The number of hydrogen-bond donors (Lipinski definition) is 0. The summed E-state index contributed by atoms with van der Waals surface area (Å²) in [7, 11) is 0. The van der Waals surface area contributed by atoms with Crippen LogP contribution in [-0.4, -0.2) is 46.9 Å². The molecular formula is C23H27N3O2S. The first kappa shape index (κ1) is 18.8. The van der Waals surface area contributed by atoms with Crippen molar-refractivity contribution < 1.29 is 9.21 Å². The Bertz CT molecular complexity index is 967. The summed E-state index contributed by atoms with van der Waals surface area (Å²) in [5.74, 6) is 1.39. The second kappa shape index (κ2) is 8.28. The van der Waals surface area contributed by atoms with Gasteiger partial charge in [-0.3, -0.25) is 9.69 Å². The van der Waals surface area contributed by atoms with Gasteiger partial charge in [-0.1, -0.05) is 25.3 Å². The minimum atomic E-state index is 0.0956. The van der Waals surface area contributed by atoms with Crippen molar-refractivity contribution in [2.75, 3.05) is 26.2 Å². The van der Waals surface area contributed by atoms with Gasteiger partial charge in [-0.05, 0) is 42.5 Å². The molecule has 0 atom stereocenters. The summed E-state index contributed by atoms with van der Waals surface area (Å²) in [6, 6.07) is 9.99. The number of aromatic nitrogens is 1. The van der Waals surface area contributed by atoms with Crippen LogP contribution in [0.5, 0.6) is 0 Å². The van der Waals surface area contributed by atoms with Crippen molar-refractivity contribution in [1.82, 2.24) is 14.8 Å². The van der Waals surface area contributed by atoms with Crippen molar-refractivity contribution in [3.8, 4) is 0 Å². The predicted octanol–water partition coefficient (Wildman–Crippen LogP) is 4.90. The molecule has 1 aliphatic heterocycles. The molecule has 1 saturated heterocycles. The van der Waals surface area contributed by atoms with E-state index in [0.717, 1.165) is 62.6 Å². The number of thiophene rings is 1. The van der Waals surface area contributed by atoms with Crippen LogP contribution in [0.1, 0.15) is 59.1 Å². The highest BCUT2D eigenvalue weighted by Crippen LogP contribution is 2.34. The van der Waals surface area contributed by atoms with Gasteiger partial charge in [0.1, 0.15) is 5.52 Å². The van der Waals surface area contributed by atoms with E-state index in [1.165, 1.54) is 24.1 Å². The molecule has 0 unspecified atom stereocenters. The number of nitrogens with zero attached hydrogens (tertiary/aromatic N) is 3. The molecule has 0 N–H and O–H groups in total. The van der Waals surface area contributed by atoms with E-state index >= 15 is 0 Å². The van der Waals surface area contributed by atoms with Crippen LogP contribution in [0.3, 0.4) is 0 Å². The SMILES string of the molecule is O=C(c1ccc2nc(C3CCCCC3)oc2c1)N1CCN(Cc2cccs2)CC1. The number of piperazine rings is 1. The van der Waals surface area contributed by atoms with Crippen molar-refractivity contribution >= 4 is 28.3 Å². The lowest BCUT2D eigenvalue weighted by Crippen LogP contribution is -2.48. The lowest BCUT2D eigenvalue weighted by Gasteiger charge is -2.34. The van der Waals surface area contributed by atoms with Crippen molar-refractivity contribution in [2.24, 2.45) is 0 Å². The third kappa shape index (κ3) is 4.09. The molecule has 6 heteroatoms. The van der Waals surface area contributed by atoms with Gasteiger partial charge in [0.25, 0.3) is 5.91 Å². The number of fused-ring (bicyclic) bond motifs is 1. The Kier molecular flexibility index (Phi) is 5.38. The van der Waals surface area contributed by atoms with E-state index in [4.69, 9.17) is 9.40 Å². The van der Waals surface area contributed by atoms with Crippen LogP contribution in [0.25, 0.3) is 11.1 Å². The minimum Gasteiger partial charge on any atom is -0.440 e. The molecule has 0 spiro atoms. The van der Waals surface area contributed by atoms with Crippen LogP contribution in [0.2, 0.25) is 0 Å². The lowest BCUT2D eigenvalue weighted by molar-refractivity contribution is 0.0629. The van der Waals surface area contributed by atoms with Crippen LogP contribution in [0.4, 0.5) is 0 Å². The number of carbonyl (C=O) groups excluding carboxylic acids is 1. The standard InChI is InChI=1S/C23H27N3O2S/c27-23(26-12-10-25(11-13-26)16-19-7-4-14-29-19)18-8-9-20-21(15-18)28-22(24-20)17-5-2-1-3-6-17/h4,7-9,14-15,17H,1-3,5-6,10-13,16H2. The summed E-state index contributed by atoms with van der Waals surface area (Å²) >= 11 is 1.80. The topological polar surface area (TPSA) is 49.6 Å². The molecule has 1 aliphatic carbocycles. The first-order valence-corrected chi connectivity index (χ1v) is 11.6. The fraction of sp³-hybridized carbons (Fsp3) is 0.478. The highest BCUT2D eigenvalue weighted by molar-refractivity contribution is 7.09. The Morgan fingerprint density at radius 2 is 1.93 bits per heavy atom. The second-order valence-corrected chi connectivity index (χ2v) is 9.25. The van der Waals surface area contributed by atoms with Gasteiger partial charge in [-0.15, -0.1) is 11.3 Å². The van der Waals surface area contributed by atoms with Gasteiger partial charge in [0.2, 0.25) is 0 Å². The number of carbonyl (C=O) groups is 1. The Labute approximate surface area is 175 Å². The van der Waals surface area contributed by atoms with Crippen LogP contribution >= 0.6 is 11.3 Å². The smallest absolute Gasteiger partial charge is 0.254 e. The number of oxazole rings is 1. The molecule has 1 saturated carbocycles. The number of amides is 1. The second-order valence-electron chi connectivity index (χ2n) is 8.22. The summed E-state index contributed by atoms with van der Waals surface area (Å²) in [5.41, 5.74) is 2.31. The number of rotatable bonds is 4. The molecule has 2 fully saturated rings. The highest BCUT2D eigenvalue weighted by atomic mass is 32.1. The summed E-state index contributed by atoms with van der Waals surface area (Å²) in [4.78, 5) is 23.5. The Morgan fingerprint density at radius 3 is 2.69 bits per heavy atom. The molecule has 29 heavy (non-hydrogen) atoms. The van der Waals surface area contributed by atoms with Gasteiger partial charge >= 0.3 is 0 Å². The maximum absolute atomic E-state index is 13.0. The molecule has 0 bridgehead atoms. The normalized spacial score (nSPS) is 19.1.